The van der Waals surface area contributed by atoms with Gasteiger partial charge in [-0.1, -0.05) is 37.8 Å². The largest absolute Gasteiger partial charge is 0.496 e. The molecule has 0 aliphatic carbocycles. The van der Waals surface area contributed by atoms with Gasteiger partial charge >= 0.3 is 0 Å². The number of hydrogen-bond acceptors (Lipinski definition) is 2. The molecule has 1 aromatic heterocycles. The summed E-state index contributed by atoms with van der Waals surface area (Å²) >= 11 is 0. The van der Waals surface area contributed by atoms with Crippen molar-refractivity contribution in [1.82, 2.24) is 4.98 Å². The minimum absolute atomic E-state index is 0.873. The van der Waals surface area contributed by atoms with Gasteiger partial charge in [0.15, 0.2) is 0 Å². The van der Waals surface area contributed by atoms with Crippen molar-refractivity contribution < 1.29 is 4.74 Å². The zero-order chi connectivity index (χ0) is 13.2. The Kier molecular flexibility index (Phi) is 3.52. The lowest BCUT2D eigenvalue weighted by Gasteiger charge is -2.16. The predicted octanol–water partition coefficient (Wildman–Crippen LogP) is 3.30. The first kappa shape index (κ1) is 12.8. The summed E-state index contributed by atoms with van der Waals surface area (Å²) in [4.78, 5) is 4.80. The molecule has 1 aromatic carbocycles. The minimum Gasteiger partial charge on any atom is -0.496 e. The number of pyridine rings is 1. The highest BCUT2D eigenvalue weighted by atomic mass is 28.3. The van der Waals surface area contributed by atoms with Crippen molar-refractivity contribution in [3.8, 4) is 17.0 Å². The van der Waals surface area contributed by atoms with E-state index in [2.05, 4.69) is 37.8 Å². The maximum absolute atomic E-state index is 5.40. The lowest BCUT2D eigenvalue weighted by molar-refractivity contribution is 0.416. The molecule has 2 nitrogen and oxygen atoms in total. The Bertz CT molecular complexity index is 546. The summed E-state index contributed by atoms with van der Waals surface area (Å²) in [6.07, 6.45) is 0. The molecule has 0 N–H and O–H groups in total. The van der Waals surface area contributed by atoms with E-state index in [0.29, 0.717) is 0 Å². The summed E-state index contributed by atoms with van der Waals surface area (Å²) in [5, 5.41) is 1.23. The standard InChI is InChI=1S/C15H19NOSi/c1-17-14-10-6-5-8-12(14)13-9-7-11-15(16-13)18(2,3)4/h5-11H,1-4H3. The molecule has 3 heteroatoms. The van der Waals surface area contributed by atoms with Gasteiger partial charge in [0, 0.05) is 10.9 Å². The lowest BCUT2D eigenvalue weighted by Crippen LogP contribution is -2.39. The Hall–Kier alpha value is -1.61. The number of benzene rings is 1. The number of para-hydroxylation sites is 1. The maximum Gasteiger partial charge on any atom is 0.128 e. The van der Waals surface area contributed by atoms with Crippen LogP contribution in [0.4, 0.5) is 0 Å². The van der Waals surface area contributed by atoms with Crippen LogP contribution in [-0.2, 0) is 0 Å². The second kappa shape index (κ2) is 4.94. The van der Waals surface area contributed by atoms with Crippen LogP contribution in [0.15, 0.2) is 42.5 Å². The topological polar surface area (TPSA) is 22.1 Å². The molecule has 0 saturated heterocycles. The molecule has 0 spiro atoms. The fourth-order valence-corrected chi connectivity index (χ4v) is 2.91. The SMILES string of the molecule is COc1ccccc1-c1cccc([Si](C)(C)C)n1. The highest BCUT2D eigenvalue weighted by Crippen LogP contribution is 2.27. The molecule has 2 aromatic rings. The van der Waals surface area contributed by atoms with Gasteiger partial charge in [-0.2, -0.15) is 0 Å². The van der Waals surface area contributed by atoms with Gasteiger partial charge in [-0.15, -0.1) is 0 Å². The van der Waals surface area contributed by atoms with Gasteiger partial charge < -0.3 is 4.74 Å². The average molecular weight is 257 g/mol. The van der Waals surface area contributed by atoms with Crippen LogP contribution in [0.1, 0.15) is 0 Å². The summed E-state index contributed by atoms with van der Waals surface area (Å²) in [5.74, 6) is 0.873. The smallest absolute Gasteiger partial charge is 0.128 e. The Morgan fingerprint density at radius 3 is 2.33 bits per heavy atom. The molecule has 94 valence electrons. The van der Waals surface area contributed by atoms with Crippen LogP contribution in [0.2, 0.25) is 19.6 Å². The van der Waals surface area contributed by atoms with E-state index < -0.39 is 8.07 Å². The van der Waals surface area contributed by atoms with Gasteiger partial charge in [-0.25, -0.2) is 0 Å². The van der Waals surface area contributed by atoms with Crippen LogP contribution in [-0.4, -0.2) is 20.2 Å². The van der Waals surface area contributed by atoms with Crippen LogP contribution in [0, 0.1) is 0 Å². The average Bonchev–Trinajstić information content (AvgIpc) is 2.38. The molecule has 0 unspecified atom stereocenters. The van der Waals surface area contributed by atoms with Crippen LogP contribution in [0.25, 0.3) is 11.3 Å². The highest BCUT2D eigenvalue weighted by Gasteiger charge is 2.19. The van der Waals surface area contributed by atoms with Crippen molar-refractivity contribution >= 4 is 13.4 Å². The van der Waals surface area contributed by atoms with Crippen molar-refractivity contribution in [3.63, 3.8) is 0 Å². The van der Waals surface area contributed by atoms with E-state index in [4.69, 9.17) is 9.72 Å². The van der Waals surface area contributed by atoms with Crippen molar-refractivity contribution in [2.24, 2.45) is 0 Å². The summed E-state index contributed by atoms with van der Waals surface area (Å²) in [7, 11) is 0.319. The molecule has 1 heterocycles. The third-order valence-electron chi connectivity index (χ3n) is 2.90. The lowest BCUT2D eigenvalue weighted by atomic mass is 10.1. The van der Waals surface area contributed by atoms with Gasteiger partial charge in [0.1, 0.15) is 13.8 Å². The Morgan fingerprint density at radius 1 is 0.944 bits per heavy atom. The molecular formula is C15H19NOSi. The first-order valence-corrected chi connectivity index (χ1v) is 9.63. The first-order valence-electron chi connectivity index (χ1n) is 6.13. The Balaban J connectivity index is 2.51. The molecule has 0 bridgehead atoms. The molecule has 0 saturated carbocycles. The Labute approximate surface area is 110 Å². The van der Waals surface area contributed by atoms with E-state index in [0.717, 1.165) is 17.0 Å². The number of nitrogens with zero attached hydrogens (tertiary/aromatic N) is 1. The number of aromatic nitrogens is 1. The monoisotopic (exact) mass is 257 g/mol. The maximum atomic E-state index is 5.40. The fourth-order valence-electron chi connectivity index (χ4n) is 1.86. The van der Waals surface area contributed by atoms with Gasteiger partial charge in [-0.3, -0.25) is 4.98 Å². The molecular weight excluding hydrogens is 238 g/mol. The molecule has 0 radical (unpaired) electrons. The van der Waals surface area contributed by atoms with E-state index in [9.17, 15) is 0 Å². The minimum atomic E-state index is -1.38. The van der Waals surface area contributed by atoms with Crippen molar-refractivity contribution in [2.75, 3.05) is 7.11 Å². The van der Waals surface area contributed by atoms with Crippen LogP contribution in [0.5, 0.6) is 5.75 Å². The second-order valence-corrected chi connectivity index (χ2v) is 10.4. The fraction of sp³-hybridized carbons (Fsp3) is 0.267. The van der Waals surface area contributed by atoms with Gasteiger partial charge in [0.25, 0.3) is 0 Å². The van der Waals surface area contributed by atoms with Crippen LogP contribution < -0.4 is 10.1 Å². The van der Waals surface area contributed by atoms with E-state index in [-0.39, 0.29) is 0 Å². The Morgan fingerprint density at radius 2 is 1.67 bits per heavy atom. The highest BCUT2D eigenvalue weighted by molar-refractivity contribution is 6.88. The van der Waals surface area contributed by atoms with Crippen molar-refractivity contribution in [2.45, 2.75) is 19.6 Å². The van der Waals surface area contributed by atoms with Crippen LogP contribution in [0.3, 0.4) is 0 Å². The summed E-state index contributed by atoms with van der Waals surface area (Å²) in [6, 6.07) is 14.3. The normalized spacial score (nSPS) is 11.3. The number of ether oxygens (including phenoxy) is 1. The predicted molar refractivity (Wildman–Crippen MR) is 79.2 cm³/mol. The zero-order valence-corrected chi connectivity index (χ0v) is 12.4. The number of methoxy groups -OCH3 is 1. The van der Waals surface area contributed by atoms with Gasteiger partial charge in [-0.05, 0) is 24.3 Å². The zero-order valence-electron chi connectivity index (χ0n) is 11.4. The number of hydrogen-bond donors (Lipinski definition) is 0. The third kappa shape index (κ3) is 2.62. The molecule has 2 rings (SSSR count). The van der Waals surface area contributed by atoms with E-state index >= 15 is 0 Å². The van der Waals surface area contributed by atoms with Gasteiger partial charge in [0.2, 0.25) is 0 Å². The summed E-state index contributed by atoms with van der Waals surface area (Å²) in [6.45, 7) is 6.92. The van der Waals surface area contributed by atoms with Crippen molar-refractivity contribution in [1.29, 1.82) is 0 Å². The van der Waals surface area contributed by atoms with Crippen molar-refractivity contribution in [3.05, 3.63) is 42.5 Å². The van der Waals surface area contributed by atoms with E-state index in [1.165, 1.54) is 5.32 Å². The molecule has 0 fully saturated rings. The molecule has 0 aliphatic rings. The van der Waals surface area contributed by atoms with E-state index in [1.807, 2.05) is 24.3 Å². The third-order valence-corrected chi connectivity index (χ3v) is 4.72. The molecule has 0 atom stereocenters. The number of rotatable bonds is 3. The first-order chi connectivity index (χ1) is 8.52. The summed E-state index contributed by atoms with van der Waals surface area (Å²) < 4.78 is 5.40. The quantitative estimate of drug-likeness (QED) is 0.787. The molecule has 0 amide bonds. The molecule has 0 aliphatic heterocycles. The van der Waals surface area contributed by atoms with Crippen LogP contribution >= 0.6 is 0 Å². The molecule has 18 heavy (non-hydrogen) atoms. The van der Waals surface area contributed by atoms with E-state index in [1.54, 1.807) is 7.11 Å². The summed E-state index contributed by atoms with van der Waals surface area (Å²) in [5.41, 5.74) is 2.05. The second-order valence-electron chi connectivity index (χ2n) is 5.36. The van der Waals surface area contributed by atoms with Gasteiger partial charge in [0.05, 0.1) is 12.8 Å².